The second kappa shape index (κ2) is 7.59. The van der Waals surface area contributed by atoms with Gasteiger partial charge >= 0.3 is 5.97 Å². The van der Waals surface area contributed by atoms with E-state index in [9.17, 15) is 4.79 Å². The molecule has 22 heavy (non-hydrogen) atoms. The quantitative estimate of drug-likeness (QED) is 0.503. The summed E-state index contributed by atoms with van der Waals surface area (Å²) >= 11 is 4.51. The molecule has 0 N–H and O–H groups in total. The number of carbonyl (C=O) groups excluding carboxylic acids is 1. The molecule has 0 amide bonds. The summed E-state index contributed by atoms with van der Waals surface area (Å²) in [6, 6.07) is 0. The molecule has 0 bridgehead atoms. The summed E-state index contributed by atoms with van der Waals surface area (Å²) in [5, 5.41) is 0. The van der Waals surface area contributed by atoms with Crippen LogP contribution in [0.1, 0.15) is 86.5 Å². The molecule has 1 rings (SSSR count). The van der Waals surface area contributed by atoms with Crippen molar-refractivity contribution in [3.8, 4) is 0 Å². The summed E-state index contributed by atoms with van der Waals surface area (Å²) in [7, 11) is 0. The van der Waals surface area contributed by atoms with Crippen LogP contribution in [0.25, 0.3) is 0 Å². The summed E-state index contributed by atoms with van der Waals surface area (Å²) in [5.74, 6) is 1.02. The van der Waals surface area contributed by atoms with E-state index in [1.54, 1.807) is 0 Å². The van der Waals surface area contributed by atoms with Crippen molar-refractivity contribution < 1.29 is 9.53 Å². The summed E-state index contributed by atoms with van der Waals surface area (Å²) < 4.78 is 6.30. The lowest BCUT2D eigenvalue weighted by Gasteiger charge is -2.48. The van der Waals surface area contributed by atoms with Gasteiger partial charge in [-0.25, -0.2) is 0 Å². The molecule has 0 radical (unpaired) electrons. The Kier molecular flexibility index (Phi) is 6.86. The molecular weight excluding hydrogens is 292 g/mol. The molecule has 0 saturated heterocycles. The normalized spacial score (nSPS) is 21.5. The van der Waals surface area contributed by atoms with Gasteiger partial charge in [0.1, 0.15) is 5.60 Å². The third kappa shape index (κ3) is 4.21. The maximum atomic E-state index is 13.1. The average Bonchev–Trinajstić information content (AvgIpc) is 2.44. The summed E-state index contributed by atoms with van der Waals surface area (Å²) in [6.45, 7) is 13.1. The van der Waals surface area contributed by atoms with Crippen molar-refractivity contribution in [3.63, 3.8) is 0 Å². The van der Waals surface area contributed by atoms with Gasteiger partial charge in [0.15, 0.2) is 0 Å². The maximum absolute atomic E-state index is 13.1. The summed E-state index contributed by atoms with van der Waals surface area (Å²) in [6.07, 6.45) is 7.22. The molecule has 1 unspecified atom stereocenters. The molecule has 1 fully saturated rings. The summed E-state index contributed by atoms with van der Waals surface area (Å²) in [4.78, 5) is 13.1. The zero-order valence-electron chi connectivity index (χ0n) is 15.5. The van der Waals surface area contributed by atoms with Crippen LogP contribution >= 0.6 is 12.6 Å². The minimum Gasteiger partial charge on any atom is -0.458 e. The Morgan fingerprint density at radius 2 is 1.73 bits per heavy atom. The van der Waals surface area contributed by atoms with Crippen molar-refractivity contribution in [1.82, 2.24) is 0 Å². The van der Waals surface area contributed by atoms with Crippen molar-refractivity contribution in [2.75, 3.05) is 5.75 Å². The number of ether oxygens (including phenoxy) is 1. The molecular formula is C19H36O2S. The van der Waals surface area contributed by atoms with Crippen LogP contribution in [0.3, 0.4) is 0 Å². The summed E-state index contributed by atoms with van der Waals surface area (Å²) in [5.41, 5.74) is -0.757. The van der Waals surface area contributed by atoms with Crippen molar-refractivity contribution in [3.05, 3.63) is 0 Å². The molecule has 0 aliphatic heterocycles. The van der Waals surface area contributed by atoms with Crippen LogP contribution in [0.2, 0.25) is 0 Å². The van der Waals surface area contributed by atoms with Gasteiger partial charge in [-0.15, -0.1) is 0 Å². The second-order valence-corrected chi connectivity index (χ2v) is 8.90. The highest BCUT2D eigenvalue weighted by molar-refractivity contribution is 7.80. The molecule has 0 aromatic carbocycles. The molecule has 1 atom stereocenters. The minimum atomic E-state index is -0.438. The van der Waals surface area contributed by atoms with Gasteiger partial charge in [-0.2, -0.15) is 12.6 Å². The topological polar surface area (TPSA) is 26.3 Å². The number of hydrogen-bond donors (Lipinski definition) is 1. The Bertz CT molecular complexity index is 358. The van der Waals surface area contributed by atoms with Gasteiger partial charge in [0.2, 0.25) is 0 Å². The van der Waals surface area contributed by atoms with Crippen LogP contribution in [0.4, 0.5) is 0 Å². The highest BCUT2D eigenvalue weighted by Gasteiger charge is 2.49. The molecule has 130 valence electrons. The lowest BCUT2D eigenvalue weighted by atomic mass is 9.67. The van der Waals surface area contributed by atoms with Crippen molar-refractivity contribution in [2.45, 2.75) is 92.1 Å². The van der Waals surface area contributed by atoms with E-state index < -0.39 is 5.41 Å². The van der Waals surface area contributed by atoms with Gasteiger partial charge in [-0.1, -0.05) is 48.0 Å². The lowest BCUT2D eigenvalue weighted by molar-refractivity contribution is -0.191. The monoisotopic (exact) mass is 328 g/mol. The fourth-order valence-electron chi connectivity index (χ4n) is 3.81. The predicted octanol–water partition coefficient (Wildman–Crippen LogP) is 5.65. The van der Waals surface area contributed by atoms with E-state index in [1.165, 1.54) is 6.42 Å². The number of thiol groups is 1. The van der Waals surface area contributed by atoms with Gasteiger partial charge in [-0.3, -0.25) is 4.79 Å². The highest BCUT2D eigenvalue weighted by atomic mass is 32.1. The zero-order chi connectivity index (χ0) is 17.0. The molecule has 0 heterocycles. The standard InChI is InChI=1S/C19H36O2S/c1-7-18(14-22,13-15(2)3)16(20)21-19(17(4,5)6)11-9-8-10-12-19/h15,22H,7-14H2,1-6H3. The molecule has 0 spiro atoms. The molecule has 0 aromatic rings. The van der Waals surface area contributed by atoms with E-state index in [-0.39, 0.29) is 17.0 Å². The Balaban J connectivity index is 3.03. The number of hydrogen-bond acceptors (Lipinski definition) is 3. The fourth-order valence-corrected chi connectivity index (χ4v) is 4.29. The third-order valence-corrected chi connectivity index (χ3v) is 6.13. The average molecular weight is 329 g/mol. The van der Waals surface area contributed by atoms with E-state index in [0.29, 0.717) is 11.7 Å². The van der Waals surface area contributed by atoms with Crippen molar-refractivity contribution in [2.24, 2.45) is 16.7 Å². The predicted molar refractivity (Wildman–Crippen MR) is 97.4 cm³/mol. The van der Waals surface area contributed by atoms with E-state index >= 15 is 0 Å². The molecule has 2 nitrogen and oxygen atoms in total. The minimum absolute atomic E-state index is 0.0169. The molecule has 1 aliphatic carbocycles. The third-order valence-electron chi connectivity index (χ3n) is 5.53. The fraction of sp³-hybridized carbons (Fsp3) is 0.947. The van der Waals surface area contributed by atoms with E-state index in [2.05, 4.69) is 54.2 Å². The van der Waals surface area contributed by atoms with Crippen molar-refractivity contribution in [1.29, 1.82) is 0 Å². The van der Waals surface area contributed by atoms with Crippen LogP contribution in [0.5, 0.6) is 0 Å². The molecule has 1 aliphatic rings. The second-order valence-electron chi connectivity index (χ2n) is 8.58. The van der Waals surface area contributed by atoms with Gasteiger partial charge in [0, 0.05) is 11.2 Å². The van der Waals surface area contributed by atoms with Crippen molar-refractivity contribution >= 4 is 18.6 Å². The first kappa shape index (κ1) is 19.9. The first-order valence-corrected chi connectivity index (χ1v) is 9.60. The molecule has 1 saturated carbocycles. The Labute approximate surface area is 143 Å². The lowest BCUT2D eigenvalue weighted by Crippen LogP contribution is -2.51. The van der Waals surface area contributed by atoms with E-state index in [0.717, 1.165) is 38.5 Å². The van der Waals surface area contributed by atoms with E-state index in [1.807, 2.05) is 0 Å². The van der Waals surface area contributed by atoms with Gasteiger partial charge in [-0.05, 0) is 44.4 Å². The number of rotatable bonds is 6. The zero-order valence-corrected chi connectivity index (χ0v) is 16.4. The Morgan fingerprint density at radius 1 is 1.18 bits per heavy atom. The largest absolute Gasteiger partial charge is 0.458 e. The van der Waals surface area contributed by atoms with Crippen LogP contribution < -0.4 is 0 Å². The van der Waals surface area contributed by atoms with Gasteiger partial charge in [0.05, 0.1) is 5.41 Å². The molecule has 3 heteroatoms. The first-order valence-electron chi connectivity index (χ1n) is 8.97. The van der Waals surface area contributed by atoms with Gasteiger partial charge in [0.25, 0.3) is 0 Å². The van der Waals surface area contributed by atoms with Crippen LogP contribution in [-0.4, -0.2) is 17.3 Å². The Hall–Kier alpha value is -0.180. The number of esters is 1. The van der Waals surface area contributed by atoms with Crippen LogP contribution in [-0.2, 0) is 9.53 Å². The Morgan fingerprint density at radius 3 is 2.09 bits per heavy atom. The maximum Gasteiger partial charge on any atom is 0.313 e. The molecule has 0 aromatic heterocycles. The SMILES string of the molecule is CCC(CS)(CC(C)C)C(=O)OC1(C(C)(C)C)CCCCC1. The first-order chi connectivity index (χ1) is 10.1. The van der Waals surface area contributed by atoms with Crippen LogP contribution in [0, 0.1) is 16.7 Å². The highest BCUT2D eigenvalue weighted by Crippen LogP contribution is 2.47. The van der Waals surface area contributed by atoms with Crippen LogP contribution in [0.15, 0.2) is 0 Å². The number of carbonyl (C=O) groups is 1. The smallest absolute Gasteiger partial charge is 0.313 e. The van der Waals surface area contributed by atoms with E-state index in [4.69, 9.17) is 4.74 Å². The van der Waals surface area contributed by atoms with Gasteiger partial charge < -0.3 is 4.74 Å².